The smallest absolute Gasteiger partial charge is 0.235 e. The maximum absolute atomic E-state index is 12.9. The predicted molar refractivity (Wildman–Crippen MR) is 128 cm³/mol. The van der Waals surface area contributed by atoms with Gasteiger partial charge in [0.2, 0.25) is 5.91 Å². The third-order valence-corrected chi connectivity index (χ3v) is 7.20. The largest absolute Gasteiger partial charge is 0.496 e. The van der Waals surface area contributed by atoms with Crippen LogP contribution in [0, 0.1) is 0 Å². The molecule has 6 heteroatoms. The van der Waals surface area contributed by atoms with Crippen molar-refractivity contribution in [3.05, 3.63) is 89.3 Å². The fourth-order valence-electron chi connectivity index (χ4n) is 4.35. The Kier molecular flexibility index (Phi) is 5.92. The summed E-state index contributed by atoms with van der Waals surface area (Å²) in [6.07, 6.45) is 8.06. The Morgan fingerprint density at radius 1 is 1.32 bits per heavy atom. The molecule has 31 heavy (non-hydrogen) atoms. The van der Waals surface area contributed by atoms with Gasteiger partial charge in [-0.1, -0.05) is 38.6 Å². The molecular formula is C25H27N3O2S. The monoisotopic (exact) mass is 433 g/mol. The molecule has 4 rings (SSSR count). The number of carbonyl (C=O) groups is 1. The van der Waals surface area contributed by atoms with Gasteiger partial charge in [-0.15, -0.1) is 0 Å². The molecule has 0 bridgehead atoms. The number of amides is 1. The first-order chi connectivity index (χ1) is 15.0. The average molecular weight is 434 g/mol. The van der Waals surface area contributed by atoms with Crippen molar-refractivity contribution in [2.24, 2.45) is 0 Å². The normalized spacial score (nSPS) is 17.7. The molecule has 1 amide bonds. The first-order valence-electron chi connectivity index (χ1n) is 10.4. The van der Waals surface area contributed by atoms with Crippen LogP contribution < -0.4 is 10.0 Å². The molecule has 0 radical (unpaired) electrons. The molecule has 2 heterocycles. The van der Waals surface area contributed by atoms with Crippen molar-refractivity contribution in [2.75, 3.05) is 17.1 Å². The summed E-state index contributed by atoms with van der Waals surface area (Å²) in [7, 11) is 1.61. The van der Waals surface area contributed by atoms with Gasteiger partial charge in [0, 0.05) is 29.2 Å². The highest BCUT2D eigenvalue weighted by Crippen LogP contribution is 2.54. The van der Waals surface area contributed by atoms with E-state index < -0.39 is 5.41 Å². The van der Waals surface area contributed by atoms with E-state index in [2.05, 4.69) is 47.2 Å². The van der Waals surface area contributed by atoms with Crippen LogP contribution in [0.2, 0.25) is 0 Å². The molecule has 2 aliphatic rings. The van der Waals surface area contributed by atoms with E-state index in [1.165, 1.54) is 11.9 Å². The number of nitrogens with zero attached hydrogens (tertiary/aromatic N) is 1. The van der Waals surface area contributed by atoms with Crippen molar-refractivity contribution < 1.29 is 9.53 Å². The minimum Gasteiger partial charge on any atom is -0.496 e. The fourth-order valence-corrected chi connectivity index (χ4v) is 5.04. The van der Waals surface area contributed by atoms with Crippen molar-refractivity contribution in [2.45, 2.75) is 37.5 Å². The van der Waals surface area contributed by atoms with E-state index in [4.69, 9.17) is 4.74 Å². The molecule has 1 unspecified atom stereocenters. The number of ether oxygens (including phenoxy) is 1. The summed E-state index contributed by atoms with van der Waals surface area (Å²) in [5, 5.41) is 3.19. The predicted octanol–water partition coefficient (Wildman–Crippen LogP) is 5.90. The van der Waals surface area contributed by atoms with E-state index in [1.807, 2.05) is 18.2 Å². The van der Waals surface area contributed by atoms with Crippen LogP contribution in [-0.2, 0) is 14.9 Å². The van der Waals surface area contributed by atoms with Crippen molar-refractivity contribution in [3.63, 3.8) is 0 Å². The number of carbonyl (C=O) groups excluding carboxylic acids is 1. The molecule has 1 fully saturated rings. The molecule has 0 saturated heterocycles. The summed E-state index contributed by atoms with van der Waals surface area (Å²) in [4.78, 5) is 18.3. The lowest BCUT2D eigenvalue weighted by Crippen LogP contribution is -2.40. The average Bonchev–Trinajstić information content (AvgIpc) is 3.08. The number of fused-ring (bicyclic) bond motifs is 2. The van der Waals surface area contributed by atoms with Crippen molar-refractivity contribution >= 4 is 29.2 Å². The first-order valence-corrected chi connectivity index (χ1v) is 11.2. The third kappa shape index (κ3) is 3.65. The second-order valence-electron chi connectivity index (χ2n) is 7.90. The molecule has 1 aliphatic heterocycles. The quantitative estimate of drug-likeness (QED) is 0.308. The maximum atomic E-state index is 12.9. The van der Waals surface area contributed by atoms with Gasteiger partial charge >= 0.3 is 0 Å². The number of nitrogens with one attached hydrogen (secondary N) is 2. The van der Waals surface area contributed by atoms with Gasteiger partial charge in [0.05, 0.1) is 17.4 Å². The molecule has 5 nitrogen and oxygen atoms in total. The molecule has 160 valence electrons. The summed E-state index contributed by atoms with van der Waals surface area (Å²) in [6, 6.07) is 10.1. The summed E-state index contributed by atoms with van der Waals surface area (Å²) >= 11 is 1.41. The van der Waals surface area contributed by atoms with Gasteiger partial charge in [-0.25, -0.2) is 0 Å². The summed E-state index contributed by atoms with van der Waals surface area (Å²) < 4.78 is 8.80. The Balaban J connectivity index is 1.75. The summed E-state index contributed by atoms with van der Waals surface area (Å²) in [5.74, 6) is 0.811. The number of pyridine rings is 1. The van der Waals surface area contributed by atoms with Crippen LogP contribution in [-0.4, -0.2) is 18.0 Å². The Morgan fingerprint density at radius 3 is 2.71 bits per heavy atom. The first kappa shape index (κ1) is 21.2. The molecule has 2 aromatic rings. The molecule has 1 aromatic heterocycles. The van der Waals surface area contributed by atoms with E-state index in [0.717, 1.165) is 52.4 Å². The number of hydrogen-bond acceptors (Lipinski definition) is 5. The Hall–Kier alpha value is -2.99. The van der Waals surface area contributed by atoms with E-state index in [9.17, 15) is 4.79 Å². The van der Waals surface area contributed by atoms with Crippen LogP contribution >= 0.6 is 11.9 Å². The van der Waals surface area contributed by atoms with Crippen LogP contribution in [0.1, 0.15) is 48.9 Å². The van der Waals surface area contributed by atoms with Gasteiger partial charge in [0.15, 0.2) is 0 Å². The van der Waals surface area contributed by atoms with E-state index >= 15 is 0 Å². The Labute approximate surface area is 187 Å². The van der Waals surface area contributed by atoms with Crippen LogP contribution in [0.4, 0.5) is 11.4 Å². The maximum Gasteiger partial charge on any atom is 0.235 e. The van der Waals surface area contributed by atoms with Gasteiger partial charge in [-0.2, -0.15) is 0 Å². The second-order valence-corrected chi connectivity index (χ2v) is 8.75. The minimum absolute atomic E-state index is 0.0364. The van der Waals surface area contributed by atoms with E-state index in [1.54, 1.807) is 25.5 Å². The van der Waals surface area contributed by atoms with Crippen molar-refractivity contribution in [1.29, 1.82) is 0 Å². The topological polar surface area (TPSA) is 63.2 Å². The number of anilines is 2. The zero-order valence-corrected chi connectivity index (χ0v) is 18.7. The van der Waals surface area contributed by atoms with Gasteiger partial charge in [0.1, 0.15) is 5.76 Å². The fraction of sp³-hybridized carbons (Fsp3) is 0.280. The number of hydrogen-bond donors (Lipinski definition) is 2. The van der Waals surface area contributed by atoms with E-state index in [0.29, 0.717) is 5.76 Å². The molecular weight excluding hydrogens is 406 g/mol. The van der Waals surface area contributed by atoms with Crippen LogP contribution in [0.25, 0.3) is 0 Å². The highest BCUT2D eigenvalue weighted by atomic mass is 32.2. The zero-order valence-electron chi connectivity index (χ0n) is 17.9. The highest BCUT2D eigenvalue weighted by Gasteiger charge is 2.52. The number of methoxy groups -OCH3 is 1. The number of aromatic nitrogens is 1. The minimum atomic E-state index is -0.397. The van der Waals surface area contributed by atoms with Crippen LogP contribution in [0.3, 0.4) is 0 Å². The Morgan fingerprint density at radius 2 is 2.13 bits per heavy atom. The molecule has 1 spiro atoms. The summed E-state index contributed by atoms with van der Waals surface area (Å²) in [6.45, 7) is 9.80. The third-order valence-electron chi connectivity index (χ3n) is 6.28. The highest BCUT2D eigenvalue weighted by molar-refractivity contribution is 8.04. The molecule has 1 saturated carbocycles. The lowest BCUT2D eigenvalue weighted by Gasteiger charge is -2.36. The van der Waals surface area contributed by atoms with Crippen molar-refractivity contribution in [3.8, 4) is 0 Å². The van der Waals surface area contributed by atoms with Gasteiger partial charge in [0.25, 0.3) is 0 Å². The number of allylic oxidation sites excluding steroid dienone is 2. The molecule has 1 atom stereocenters. The zero-order chi connectivity index (χ0) is 22.0. The van der Waals surface area contributed by atoms with Crippen molar-refractivity contribution in [1.82, 2.24) is 4.98 Å². The molecule has 1 aromatic carbocycles. The number of rotatable bonds is 8. The molecule has 2 N–H and O–H groups in total. The van der Waals surface area contributed by atoms with Crippen LogP contribution in [0.5, 0.6) is 0 Å². The lowest BCUT2D eigenvalue weighted by molar-refractivity contribution is -0.123. The van der Waals surface area contributed by atoms with E-state index in [-0.39, 0.29) is 11.8 Å². The van der Waals surface area contributed by atoms with Gasteiger partial charge < -0.3 is 14.8 Å². The second kappa shape index (κ2) is 8.63. The molecule has 1 aliphatic carbocycles. The van der Waals surface area contributed by atoms with Gasteiger partial charge in [-0.3, -0.25) is 9.78 Å². The Bertz CT molecular complexity index is 1060. The van der Waals surface area contributed by atoms with Gasteiger partial charge in [-0.05, 0) is 66.3 Å². The van der Waals surface area contributed by atoms with Crippen LogP contribution in [0.15, 0.2) is 72.5 Å². The standard InChI is InChI=1S/C25H27N3O2S/c1-5-21(30-4)22(6-2)31-28-17-14-18(16(3)20-10-7-8-13-26-20)23-19(15-17)25(11-9-12-25)24(29)27-23/h5-8,10,13-16,28H,1-2,9,11-12H2,3-4H3,(H,27,29)/b22-21-. The number of benzene rings is 1. The SMILES string of the molecule is C=C/C(OC)=C(\C=C)SNc1cc(C(C)c2ccccn2)c2c(c1)C1(CCC1)C(=O)N2. The lowest BCUT2D eigenvalue weighted by atomic mass is 9.65. The summed E-state index contributed by atoms with van der Waals surface area (Å²) in [5.41, 5.74) is 4.61.